The van der Waals surface area contributed by atoms with Crippen LogP contribution in [0.3, 0.4) is 0 Å². The van der Waals surface area contributed by atoms with Gasteiger partial charge in [0, 0.05) is 11.1 Å². The van der Waals surface area contributed by atoms with E-state index in [-0.39, 0.29) is 17.7 Å². The third-order valence-corrected chi connectivity index (χ3v) is 4.74. The van der Waals surface area contributed by atoms with Crippen LogP contribution in [0.2, 0.25) is 5.02 Å². The van der Waals surface area contributed by atoms with Crippen LogP contribution in [0.15, 0.2) is 53.3 Å². The Kier molecular flexibility index (Phi) is 5.89. The highest BCUT2D eigenvalue weighted by Gasteiger charge is 2.21. The monoisotopic (exact) mass is 413 g/mol. The standard InChI is InChI=1S/C21H20ClN3O4/c1-12-6-7-13(2)18(8-12)25-19(26)10-17(24-25)21(29)23-16(11-20(27)28)14-4-3-5-15(22)9-14/h3-10,16,24H,11H2,1-2H3,(H,23,29)(H,27,28). The molecule has 0 radical (unpaired) electrons. The summed E-state index contributed by atoms with van der Waals surface area (Å²) in [6.45, 7) is 3.77. The van der Waals surface area contributed by atoms with E-state index in [0.29, 0.717) is 16.3 Å². The molecule has 1 heterocycles. The first-order chi connectivity index (χ1) is 13.7. The summed E-state index contributed by atoms with van der Waals surface area (Å²) >= 11 is 5.99. The minimum absolute atomic E-state index is 0.0355. The van der Waals surface area contributed by atoms with Crippen molar-refractivity contribution in [1.82, 2.24) is 15.1 Å². The molecule has 0 fully saturated rings. The second-order valence-electron chi connectivity index (χ2n) is 6.81. The zero-order valence-corrected chi connectivity index (χ0v) is 16.7. The van der Waals surface area contributed by atoms with Gasteiger partial charge in [0.15, 0.2) is 0 Å². The van der Waals surface area contributed by atoms with Crippen molar-refractivity contribution in [2.75, 3.05) is 0 Å². The number of amides is 1. The topological polar surface area (TPSA) is 104 Å². The Morgan fingerprint density at radius 2 is 1.93 bits per heavy atom. The van der Waals surface area contributed by atoms with E-state index in [1.807, 2.05) is 32.0 Å². The molecule has 0 saturated heterocycles. The summed E-state index contributed by atoms with van der Waals surface area (Å²) in [6, 6.07) is 12.7. The second kappa shape index (κ2) is 8.36. The van der Waals surface area contributed by atoms with E-state index >= 15 is 0 Å². The molecule has 1 amide bonds. The fourth-order valence-corrected chi connectivity index (χ4v) is 3.24. The molecule has 0 saturated carbocycles. The van der Waals surface area contributed by atoms with Crippen molar-refractivity contribution in [2.45, 2.75) is 26.3 Å². The fourth-order valence-electron chi connectivity index (χ4n) is 3.04. The van der Waals surface area contributed by atoms with Gasteiger partial charge < -0.3 is 10.4 Å². The van der Waals surface area contributed by atoms with Crippen LogP contribution in [-0.4, -0.2) is 26.8 Å². The number of rotatable bonds is 6. The Morgan fingerprint density at radius 1 is 1.17 bits per heavy atom. The zero-order chi connectivity index (χ0) is 21.1. The summed E-state index contributed by atoms with van der Waals surface area (Å²) in [5.41, 5.74) is 2.69. The Bertz CT molecular complexity index is 1130. The van der Waals surface area contributed by atoms with Gasteiger partial charge in [0.05, 0.1) is 18.2 Å². The van der Waals surface area contributed by atoms with Crippen LogP contribution >= 0.6 is 11.6 Å². The highest BCUT2D eigenvalue weighted by atomic mass is 35.5. The number of aliphatic carboxylic acids is 1. The summed E-state index contributed by atoms with van der Waals surface area (Å²) in [4.78, 5) is 36.4. The second-order valence-corrected chi connectivity index (χ2v) is 7.25. The van der Waals surface area contributed by atoms with Crippen molar-refractivity contribution in [3.05, 3.63) is 86.3 Å². The first-order valence-electron chi connectivity index (χ1n) is 8.92. The number of hydrogen-bond acceptors (Lipinski definition) is 3. The average Bonchev–Trinajstić information content (AvgIpc) is 3.04. The first-order valence-corrected chi connectivity index (χ1v) is 9.30. The number of halogens is 1. The molecule has 7 nitrogen and oxygen atoms in total. The largest absolute Gasteiger partial charge is 0.481 e. The summed E-state index contributed by atoms with van der Waals surface area (Å²) < 4.78 is 1.29. The number of aromatic nitrogens is 2. The molecule has 1 atom stereocenters. The molecule has 3 rings (SSSR count). The van der Waals surface area contributed by atoms with Crippen molar-refractivity contribution in [2.24, 2.45) is 0 Å². The average molecular weight is 414 g/mol. The summed E-state index contributed by atoms with van der Waals surface area (Å²) in [5, 5.41) is 15.1. The number of carboxylic acids is 1. The molecule has 3 N–H and O–H groups in total. The molecule has 0 spiro atoms. The molecule has 1 aromatic heterocycles. The Morgan fingerprint density at radius 3 is 2.62 bits per heavy atom. The molecule has 0 aliphatic heterocycles. The Balaban J connectivity index is 1.90. The van der Waals surface area contributed by atoms with Crippen molar-refractivity contribution in [3.8, 4) is 5.69 Å². The van der Waals surface area contributed by atoms with Crippen LogP contribution in [0.5, 0.6) is 0 Å². The Labute approximate surface area is 171 Å². The van der Waals surface area contributed by atoms with Gasteiger partial charge in [-0.15, -0.1) is 0 Å². The van der Waals surface area contributed by atoms with Gasteiger partial charge in [-0.2, -0.15) is 0 Å². The van der Waals surface area contributed by atoms with Crippen LogP contribution in [0.25, 0.3) is 5.69 Å². The lowest BCUT2D eigenvalue weighted by atomic mass is 10.0. The van der Waals surface area contributed by atoms with Crippen LogP contribution in [0, 0.1) is 13.8 Å². The number of carbonyl (C=O) groups is 2. The third kappa shape index (κ3) is 4.75. The van der Waals surface area contributed by atoms with Crippen LogP contribution in [0.4, 0.5) is 0 Å². The predicted octanol–water partition coefficient (Wildman–Crippen LogP) is 3.38. The van der Waals surface area contributed by atoms with Crippen molar-refractivity contribution >= 4 is 23.5 Å². The molecule has 29 heavy (non-hydrogen) atoms. The molecule has 150 valence electrons. The van der Waals surface area contributed by atoms with Crippen molar-refractivity contribution in [3.63, 3.8) is 0 Å². The molecular weight excluding hydrogens is 394 g/mol. The normalized spacial score (nSPS) is 11.8. The van der Waals surface area contributed by atoms with Gasteiger partial charge in [-0.25, -0.2) is 4.68 Å². The maximum absolute atomic E-state index is 12.7. The van der Waals surface area contributed by atoms with Gasteiger partial charge in [0.1, 0.15) is 5.69 Å². The van der Waals surface area contributed by atoms with Gasteiger partial charge in [-0.3, -0.25) is 19.5 Å². The van der Waals surface area contributed by atoms with E-state index in [9.17, 15) is 19.5 Å². The molecule has 2 aromatic carbocycles. The maximum atomic E-state index is 12.7. The lowest BCUT2D eigenvalue weighted by Gasteiger charge is -2.17. The highest BCUT2D eigenvalue weighted by Crippen LogP contribution is 2.21. The Hall–Kier alpha value is -3.32. The van der Waals surface area contributed by atoms with Gasteiger partial charge in [0.2, 0.25) is 0 Å². The fraction of sp³-hybridized carbons (Fsp3) is 0.190. The van der Waals surface area contributed by atoms with Crippen molar-refractivity contribution < 1.29 is 14.7 Å². The quantitative estimate of drug-likeness (QED) is 0.576. The summed E-state index contributed by atoms with van der Waals surface area (Å²) in [7, 11) is 0. The number of nitrogens with zero attached hydrogens (tertiary/aromatic N) is 1. The molecule has 0 aliphatic carbocycles. The van der Waals surface area contributed by atoms with Crippen LogP contribution in [-0.2, 0) is 4.79 Å². The summed E-state index contributed by atoms with van der Waals surface area (Å²) in [5.74, 6) is -1.66. The molecule has 8 heteroatoms. The molecular formula is C21H20ClN3O4. The van der Waals surface area contributed by atoms with Crippen LogP contribution in [0.1, 0.15) is 39.6 Å². The van der Waals surface area contributed by atoms with E-state index < -0.39 is 17.9 Å². The number of aromatic amines is 1. The lowest BCUT2D eigenvalue weighted by molar-refractivity contribution is -0.137. The van der Waals surface area contributed by atoms with Crippen LogP contribution < -0.4 is 10.9 Å². The highest BCUT2D eigenvalue weighted by molar-refractivity contribution is 6.30. The number of aryl methyl sites for hydroxylation is 2. The third-order valence-electron chi connectivity index (χ3n) is 4.51. The van der Waals surface area contributed by atoms with E-state index in [1.54, 1.807) is 24.3 Å². The minimum Gasteiger partial charge on any atom is -0.481 e. The van der Waals surface area contributed by atoms with Gasteiger partial charge in [-0.1, -0.05) is 35.9 Å². The molecule has 3 aromatic rings. The SMILES string of the molecule is Cc1ccc(C)c(-n2[nH]c(C(=O)NC(CC(=O)O)c3cccc(Cl)c3)cc2=O)c1. The molecule has 1 unspecified atom stereocenters. The van der Waals surface area contributed by atoms with Crippen molar-refractivity contribution in [1.29, 1.82) is 0 Å². The van der Waals surface area contributed by atoms with E-state index in [2.05, 4.69) is 10.4 Å². The lowest BCUT2D eigenvalue weighted by Crippen LogP contribution is -2.30. The van der Waals surface area contributed by atoms with Gasteiger partial charge >= 0.3 is 5.97 Å². The molecule has 0 bridgehead atoms. The number of nitrogens with one attached hydrogen (secondary N) is 2. The number of hydrogen-bond donors (Lipinski definition) is 3. The number of benzene rings is 2. The first kappa shape index (κ1) is 20.4. The predicted molar refractivity (Wildman–Crippen MR) is 110 cm³/mol. The number of H-pyrrole nitrogens is 1. The number of carbonyl (C=O) groups excluding carboxylic acids is 1. The van der Waals surface area contributed by atoms with Gasteiger partial charge in [0.25, 0.3) is 11.5 Å². The number of carboxylic acid groups (broad SMARTS) is 1. The smallest absolute Gasteiger partial charge is 0.305 e. The maximum Gasteiger partial charge on any atom is 0.305 e. The van der Waals surface area contributed by atoms with E-state index in [0.717, 1.165) is 11.1 Å². The van der Waals surface area contributed by atoms with Gasteiger partial charge in [-0.05, 0) is 48.7 Å². The molecule has 0 aliphatic rings. The van der Waals surface area contributed by atoms with E-state index in [1.165, 1.54) is 10.7 Å². The minimum atomic E-state index is -1.07. The summed E-state index contributed by atoms with van der Waals surface area (Å²) in [6.07, 6.45) is -0.325. The van der Waals surface area contributed by atoms with E-state index in [4.69, 9.17) is 11.6 Å². The zero-order valence-electron chi connectivity index (χ0n) is 15.9.